The number of carbonyl (C=O) groups is 1. The Balaban J connectivity index is 2.88. The van der Waals surface area contributed by atoms with Gasteiger partial charge >= 0.3 is 0 Å². The van der Waals surface area contributed by atoms with Gasteiger partial charge in [-0.2, -0.15) is 0 Å². The highest BCUT2D eigenvalue weighted by Gasteiger charge is 1.95. The average Bonchev–Trinajstić information content (AvgIpc) is 2.13. The molecule has 0 aliphatic carbocycles. The fourth-order valence-electron chi connectivity index (χ4n) is 1.20. The van der Waals surface area contributed by atoms with Crippen LogP contribution >= 0.6 is 0 Å². The van der Waals surface area contributed by atoms with E-state index in [1.165, 1.54) is 16.7 Å². The molecule has 0 radical (unpaired) electrons. The molecule has 0 saturated heterocycles. The minimum absolute atomic E-state index is 0.493. The van der Waals surface area contributed by atoms with E-state index in [0.717, 1.165) is 6.29 Å². The Labute approximate surface area is 79.1 Å². The van der Waals surface area contributed by atoms with Crippen LogP contribution in [0.5, 0.6) is 0 Å². The van der Waals surface area contributed by atoms with E-state index in [2.05, 4.69) is 26.0 Å². The molecule has 1 rings (SSSR count). The molecule has 0 heterocycles. The summed E-state index contributed by atoms with van der Waals surface area (Å²) in [7, 11) is 0. The van der Waals surface area contributed by atoms with Gasteiger partial charge in [-0.15, -0.1) is 0 Å². The lowest BCUT2D eigenvalue weighted by atomic mass is 10.0. The zero-order chi connectivity index (χ0) is 9.68. The molecular weight excluding hydrogens is 160 g/mol. The molecule has 0 unspecified atom stereocenters. The minimum Gasteiger partial charge on any atom is -0.303 e. The van der Waals surface area contributed by atoms with Crippen molar-refractivity contribution in [3.05, 3.63) is 41.0 Å². The van der Waals surface area contributed by atoms with Gasteiger partial charge in [0.15, 0.2) is 0 Å². The summed E-state index contributed by atoms with van der Waals surface area (Å²) in [6, 6.07) is 6.18. The van der Waals surface area contributed by atoms with Crippen molar-refractivity contribution in [2.24, 2.45) is 0 Å². The summed E-state index contributed by atoms with van der Waals surface area (Å²) in [6.45, 7) is 4.18. The molecule has 0 bridgehead atoms. The van der Waals surface area contributed by atoms with Crippen LogP contribution in [0.4, 0.5) is 0 Å². The standard InChI is InChI=1S/C12H14O/c1-10-6-5-8-12(11(10)2)7-3-4-9-13/h3,5-9H,4H2,1-2H3. The summed E-state index contributed by atoms with van der Waals surface area (Å²) in [6.07, 6.45) is 5.28. The molecule has 0 aliphatic heterocycles. The van der Waals surface area contributed by atoms with Gasteiger partial charge in [0.1, 0.15) is 6.29 Å². The molecule has 0 spiro atoms. The number of aryl methyl sites for hydroxylation is 1. The largest absolute Gasteiger partial charge is 0.303 e. The second-order valence-corrected chi connectivity index (χ2v) is 3.09. The molecule has 0 atom stereocenters. The quantitative estimate of drug-likeness (QED) is 0.644. The van der Waals surface area contributed by atoms with Gasteiger partial charge in [-0.1, -0.05) is 30.4 Å². The van der Waals surface area contributed by atoms with Crippen LogP contribution in [-0.4, -0.2) is 6.29 Å². The van der Waals surface area contributed by atoms with Crippen molar-refractivity contribution in [3.8, 4) is 0 Å². The molecule has 1 nitrogen and oxygen atoms in total. The van der Waals surface area contributed by atoms with E-state index in [0.29, 0.717) is 6.42 Å². The van der Waals surface area contributed by atoms with Gasteiger partial charge < -0.3 is 4.79 Å². The molecule has 0 fully saturated rings. The Bertz CT molecular complexity index is 324. The van der Waals surface area contributed by atoms with Crippen molar-refractivity contribution < 1.29 is 4.79 Å². The predicted molar refractivity (Wildman–Crippen MR) is 55.6 cm³/mol. The molecule has 0 N–H and O–H groups in total. The third kappa shape index (κ3) is 2.55. The second-order valence-electron chi connectivity index (χ2n) is 3.09. The predicted octanol–water partition coefficient (Wildman–Crippen LogP) is 2.91. The topological polar surface area (TPSA) is 17.1 Å². The molecule has 0 aliphatic rings. The third-order valence-electron chi connectivity index (χ3n) is 2.18. The van der Waals surface area contributed by atoms with Gasteiger partial charge in [-0.25, -0.2) is 0 Å². The normalized spacial score (nSPS) is 10.6. The van der Waals surface area contributed by atoms with E-state index in [4.69, 9.17) is 0 Å². The number of hydrogen-bond donors (Lipinski definition) is 0. The molecule has 1 aromatic rings. The van der Waals surface area contributed by atoms with Crippen molar-refractivity contribution in [1.29, 1.82) is 0 Å². The Hall–Kier alpha value is -1.37. The third-order valence-corrected chi connectivity index (χ3v) is 2.18. The Morgan fingerprint density at radius 1 is 1.31 bits per heavy atom. The fourth-order valence-corrected chi connectivity index (χ4v) is 1.20. The summed E-state index contributed by atoms with van der Waals surface area (Å²) in [5, 5.41) is 0. The van der Waals surface area contributed by atoms with E-state index in [9.17, 15) is 4.79 Å². The molecule has 1 heteroatoms. The molecule has 13 heavy (non-hydrogen) atoms. The van der Waals surface area contributed by atoms with Gasteiger partial charge in [0, 0.05) is 6.42 Å². The van der Waals surface area contributed by atoms with Crippen molar-refractivity contribution in [1.82, 2.24) is 0 Å². The second kappa shape index (κ2) is 4.61. The van der Waals surface area contributed by atoms with E-state index < -0.39 is 0 Å². The first-order valence-corrected chi connectivity index (χ1v) is 4.42. The maximum Gasteiger partial charge on any atom is 0.123 e. The highest BCUT2D eigenvalue weighted by atomic mass is 16.1. The highest BCUT2D eigenvalue weighted by molar-refractivity contribution is 5.60. The maximum absolute atomic E-state index is 10.1. The minimum atomic E-state index is 0.493. The van der Waals surface area contributed by atoms with Gasteiger partial charge in [0.25, 0.3) is 0 Å². The highest BCUT2D eigenvalue weighted by Crippen LogP contribution is 2.13. The Morgan fingerprint density at radius 2 is 2.08 bits per heavy atom. The average molecular weight is 174 g/mol. The Morgan fingerprint density at radius 3 is 2.77 bits per heavy atom. The van der Waals surface area contributed by atoms with Gasteiger partial charge in [0.05, 0.1) is 0 Å². The smallest absolute Gasteiger partial charge is 0.123 e. The van der Waals surface area contributed by atoms with Crippen molar-refractivity contribution in [3.63, 3.8) is 0 Å². The van der Waals surface area contributed by atoms with Crippen LogP contribution in [0, 0.1) is 13.8 Å². The van der Waals surface area contributed by atoms with Gasteiger partial charge in [0.2, 0.25) is 0 Å². The van der Waals surface area contributed by atoms with E-state index in [1.54, 1.807) is 0 Å². The molecule has 0 amide bonds. The molecular formula is C12H14O. The van der Waals surface area contributed by atoms with Crippen molar-refractivity contribution in [2.45, 2.75) is 20.3 Å². The first kappa shape index (κ1) is 9.72. The lowest BCUT2D eigenvalue weighted by Crippen LogP contribution is -1.84. The van der Waals surface area contributed by atoms with E-state index in [-0.39, 0.29) is 0 Å². The fraction of sp³-hybridized carbons (Fsp3) is 0.250. The lowest BCUT2D eigenvalue weighted by molar-refractivity contribution is -0.107. The van der Waals surface area contributed by atoms with Gasteiger partial charge in [-0.3, -0.25) is 0 Å². The van der Waals surface area contributed by atoms with Gasteiger partial charge in [-0.05, 0) is 30.5 Å². The zero-order valence-electron chi connectivity index (χ0n) is 8.08. The van der Waals surface area contributed by atoms with Crippen LogP contribution in [0.15, 0.2) is 24.3 Å². The van der Waals surface area contributed by atoms with E-state index >= 15 is 0 Å². The number of aldehydes is 1. The number of benzene rings is 1. The number of allylic oxidation sites excluding steroid dienone is 1. The van der Waals surface area contributed by atoms with Crippen molar-refractivity contribution >= 4 is 12.4 Å². The van der Waals surface area contributed by atoms with Crippen LogP contribution < -0.4 is 0 Å². The molecule has 1 aromatic carbocycles. The summed E-state index contributed by atoms with van der Waals surface area (Å²) < 4.78 is 0. The lowest BCUT2D eigenvalue weighted by Gasteiger charge is -2.02. The summed E-state index contributed by atoms with van der Waals surface area (Å²) in [5.74, 6) is 0. The summed E-state index contributed by atoms with van der Waals surface area (Å²) in [5.41, 5.74) is 3.76. The number of rotatable bonds is 3. The Kier molecular flexibility index (Phi) is 3.44. The molecule has 68 valence electrons. The van der Waals surface area contributed by atoms with Crippen LogP contribution in [-0.2, 0) is 4.79 Å². The van der Waals surface area contributed by atoms with E-state index in [1.807, 2.05) is 18.2 Å². The zero-order valence-corrected chi connectivity index (χ0v) is 8.08. The monoisotopic (exact) mass is 174 g/mol. The SMILES string of the molecule is Cc1cccc(C=CCC=O)c1C. The number of hydrogen-bond acceptors (Lipinski definition) is 1. The first-order chi connectivity index (χ1) is 6.25. The van der Waals surface area contributed by atoms with Crippen LogP contribution in [0.1, 0.15) is 23.1 Å². The maximum atomic E-state index is 10.1. The summed E-state index contributed by atoms with van der Waals surface area (Å²) >= 11 is 0. The first-order valence-electron chi connectivity index (χ1n) is 4.42. The summed E-state index contributed by atoms with van der Waals surface area (Å²) in [4.78, 5) is 10.1. The van der Waals surface area contributed by atoms with Crippen molar-refractivity contribution in [2.75, 3.05) is 0 Å². The molecule has 0 saturated carbocycles. The number of carbonyl (C=O) groups excluding carboxylic acids is 1. The van der Waals surface area contributed by atoms with Crippen LogP contribution in [0.25, 0.3) is 6.08 Å². The van der Waals surface area contributed by atoms with Crippen LogP contribution in [0.2, 0.25) is 0 Å². The molecule has 0 aromatic heterocycles. The van der Waals surface area contributed by atoms with Crippen LogP contribution in [0.3, 0.4) is 0 Å².